The van der Waals surface area contributed by atoms with Crippen molar-refractivity contribution in [3.05, 3.63) is 84.2 Å². The second kappa shape index (κ2) is 8.50. The molecule has 2 aromatic heterocycles. The highest BCUT2D eigenvalue weighted by atomic mass is 16.1. The molecule has 0 radical (unpaired) electrons. The number of nitrogens with zero attached hydrogens (tertiary/aromatic N) is 2. The van der Waals surface area contributed by atoms with Crippen molar-refractivity contribution in [3.63, 3.8) is 0 Å². The Morgan fingerprint density at radius 2 is 0.963 bits per heavy atom. The van der Waals surface area contributed by atoms with Crippen LogP contribution in [-0.4, -0.2) is 27.3 Å². The Balaban J connectivity index is 0.000000187. The Hall–Kier alpha value is -3.84. The molecule has 7 nitrogen and oxygen atoms in total. The minimum absolute atomic E-state index is 0. The van der Waals surface area contributed by atoms with Crippen LogP contribution in [0.3, 0.4) is 0 Å². The molecule has 0 aliphatic rings. The standard InChI is InChI=1S/2C10H8N2O.H2O/c2*11-10(13)9-6-5-7-3-1-2-4-8(7)12-9;/h2*1-6H,(H2,11,13);1H2. The molecule has 0 fully saturated rings. The molecule has 2 aromatic carbocycles. The Morgan fingerprint density at radius 3 is 1.33 bits per heavy atom. The third kappa shape index (κ3) is 4.62. The first kappa shape index (κ1) is 19.5. The monoisotopic (exact) mass is 362 g/mol. The smallest absolute Gasteiger partial charge is 0.267 e. The van der Waals surface area contributed by atoms with Crippen LogP contribution in [0, 0.1) is 0 Å². The maximum absolute atomic E-state index is 10.8. The molecular weight excluding hydrogens is 344 g/mol. The highest BCUT2D eigenvalue weighted by molar-refractivity contribution is 5.94. The molecule has 0 aliphatic carbocycles. The van der Waals surface area contributed by atoms with Gasteiger partial charge in [-0.2, -0.15) is 0 Å². The second-order valence-electron chi connectivity index (χ2n) is 5.51. The molecule has 0 spiro atoms. The molecule has 4 rings (SSSR count). The lowest BCUT2D eigenvalue weighted by Crippen LogP contribution is -2.12. The van der Waals surface area contributed by atoms with E-state index in [9.17, 15) is 9.59 Å². The van der Waals surface area contributed by atoms with E-state index in [0.717, 1.165) is 21.8 Å². The van der Waals surface area contributed by atoms with Gasteiger partial charge >= 0.3 is 0 Å². The Kier molecular flexibility index (Phi) is 6.14. The van der Waals surface area contributed by atoms with Gasteiger partial charge in [-0.05, 0) is 24.3 Å². The summed E-state index contributed by atoms with van der Waals surface area (Å²) in [6.45, 7) is 0. The number of pyridine rings is 2. The zero-order valence-corrected chi connectivity index (χ0v) is 14.3. The first-order chi connectivity index (χ1) is 12.5. The summed E-state index contributed by atoms with van der Waals surface area (Å²) in [5, 5.41) is 2.01. The second-order valence-corrected chi connectivity index (χ2v) is 5.51. The fourth-order valence-corrected chi connectivity index (χ4v) is 2.41. The van der Waals surface area contributed by atoms with Crippen molar-refractivity contribution in [2.45, 2.75) is 0 Å². The minimum atomic E-state index is -0.495. The fraction of sp³-hybridized carbons (Fsp3) is 0. The van der Waals surface area contributed by atoms with Gasteiger partial charge in [-0.3, -0.25) is 9.59 Å². The van der Waals surface area contributed by atoms with E-state index in [1.807, 2.05) is 60.7 Å². The number of hydrogen-bond acceptors (Lipinski definition) is 4. The minimum Gasteiger partial charge on any atom is -0.412 e. The average Bonchev–Trinajstić information content (AvgIpc) is 2.67. The quantitative estimate of drug-likeness (QED) is 0.560. The van der Waals surface area contributed by atoms with E-state index in [-0.39, 0.29) is 5.48 Å². The van der Waals surface area contributed by atoms with E-state index in [4.69, 9.17) is 11.5 Å². The molecule has 2 amide bonds. The van der Waals surface area contributed by atoms with Gasteiger partial charge in [0.1, 0.15) is 11.4 Å². The normalized spacial score (nSPS) is 9.78. The molecule has 2 heterocycles. The maximum atomic E-state index is 10.8. The van der Waals surface area contributed by atoms with E-state index in [1.54, 1.807) is 12.1 Å². The number of benzene rings is 2. The van der Waals surface area contributed by atoms with E-state index < -0.39 is 11.8 Å². The molecular formula is C20H18N4O3. The van der Waals surface area contributed by atoms with Crippen molar-refractivity contribution in [2.24, 2.45) is 11.5 Å². The predicted molar refractivity (Wildman–Crippen MR) is 104 cm³/mol. The van der Waals surface area contributed by atoms with Gasteiger partial charge in [0.15, 0.2) is 0 Å². The number of nitrogens with two attached hydrogens (primary N) is 2. The molecule has 4 aromatic rings. The first-order valence-electron chi connectivity index (χ1n) is 7.86. The Bertz CT molecular complexity index is 1020. The molecule has 7 heteroatoms. The van der Waals surface area contributed by atoms with Gasteiger partial charge in [0.25, 0.3) is 11.8 Å². The van der Waals surface area contributed by atoms with Gasteiger partial charge in [0.05, 0.1) is 11.0 Å². The molecule has 0 bridgehead atoms. The van der Waals surface area contributed by atoms with Gasteiger partial charge in [-0.1, -0.05) is 48.5 Å². The SMILES string of the molecule is NC(=O)c1ccc2ccccc2n1.NC(=O)c1ccc2ccccc2n1.O. The van der Waals surface area contributed by atoms with Crippen LogP contribution in [0.4, 0.5) is 0 Å². The number of carbonyl (C=O) groups is 2. The van der Waals surface area contributed by atoms with Crippen molar-refractivity contribution in [1.82, 2.24) is 9.97 Å². The number of fused-ring (bicyclic) bond motifs is 2. The lowest BCUT2D eigenvalue weighted by molar-refractivity contribution is 0.0987. The van der Waals surface area contributed by atoms with E-state index in [1.165, 1.54) is 0 Å². The summed E-state index contributed by atoms with van der Waals surface area (Å²) in [5.41, 5.74) is 12.4. The molecule has 0 unspecified atom stereocenters. The van der Waals surface area contributed by atoms with Gasteiger partial charge in [0, 0.05) is 10.8 Å². The largest absolute Gasteiger partial charge is 0.412 e. The van der Waals surface area contributed by atoms with Crippen LogP contribution in [0.25, 0.3) is 21.8 Å². The van der Waals surface area contributed by atoms with E-state index in [2.05, 4.69) is 9.97 Å². The Morgan fingerprint density at radius 1 is 0.593 bits per heavy atom. The summed E-state index contributed by atoms with van der Waals surface area (Å²) in [4.78, 5) is 29.8. The van der Waals surface area contributed by atoms with Crippen molar-refractivity contribution in [1.29, 1.82) is 0 Å². The predicted octanol–water partition coefficient (Wildman–Crippen LogP) is 1.84. The van der Waals surface area contributed by atoms with Crippen molar-refractivity contribution >= 4 is 33.6 Å². The van der Waals surface area contributed by atoms with E-state index >= 15 is 0 Å². The molecule has 6 N–H and O–H groups in total. The van der Waals surface area contributed by atoms with Gasteiger partial charge < -0.3 is 16.9 Å². The highest BCUT2D eigenvalue weighted by Crippen LogP contribution is 2.12. The van der Waals surface area contributed by atoms with Crippen LogP contribution in [0.2, 0.25) is 0 Å². The van der Waals surface area contributed by atoms with Crippen molar-refractivity contribution < 1.29 is 15.1 Å². The lowest BCUT2D eigenvalue weighted by Gasteiger charge is -1.97. The van der Waals surface area contributed by atoms with Crippen LogP contribution in [0.1, 0.15) is 21.0 Å². The van der Waals surface area contributed by atoms with Gasteiger partial charge in [-0.25, -0.2) is 9.97 Å². The number of amides is 2. The topological polar surface area (TPSA) is 143 Å². The lowest BCUT2D eigenvalue weighted by atomic mass is 10.2. The average molecular weight is 362 g/mol. The van der Waals surface area contributed by atoms with E-state index in [0.29, 0.717) is 11.4 Å². The number of hydrogen-bond donors (Lipinski definition) is 2. The summed E-state index contributed by atoms with van der Waals surface area (Å²) in [6, 6.07) is 22.1. The fourth-order valence-electron chi connectivity index (χ4n) is 2.41. The molecule has 27 heavy (non-hydrogen) atoms. The first-order valence-corrected chi connectivity index (χ1v) is 7.86. The van der Waals surface area contributed by atoms with Crippen LogP contribution in [0.15, 0.2) is 72.8 Å². The van der Waals surface area contributed by atoms with Gasteiger partial charge in [-0.15, -0.1) is 0 Å². The third-order valence-electron chi connectivity index (χ3n) is 3.70. The van der Waals surface area contributed by atoms with Gasteiger partial charge in [0.2, 0.25) is 0 Å². The van der Waals surface area contributed by atoms with Crippen LogP contribution in [-0.2, 0) is 0 Å². The number of aromatic nitrogens is 2. The van der Waals surface area contributed by atoms with Crippen LogP contribution >= 0.6 is 0 Å². The highest BCUT2D eigenvalue weighted by Gasteiger charge is 2.02. The summed E-state index contributed by atoms with van der Waals surface area (Å²) >= 11 is 0. The molecule has 0 atom stereocenters. The summed E-state index contributed by atoms with van der Waals surface area (Å²) in [5.74, 6) is -0.989. The summed E-state index contributed by atoms with van der Waals surface area (Å²) in [7, 11) is 0. The molecule has 136 valence electrons. The summed E-state index contributed by atoms with van der Waals surface area (Å²) < 4.78 is 0. The van der Waals surface area contributed by atoms with Crippen molar-refractivity contribution in [2.75, 3.05) is 0 Å². The molecule has 0 saturated heterocycles. The van der Waals surface area contributed by atoms with Crippen LogP contribution < -0.4 is 11.5 Å². The number of rotatable bonds is 2. The zero-order chi connectivity index (χ0) is 18.5. The Labute approximate surface area is 155 Å². The molecule has 0 aliphatic heterocycles. The zero-order valence-electron chi connectivity index (χ0n) is 14.3. The van der Waals surface area contributed by atoms with Crippen molar-refractivity contribution in [3.8, 4) is 0 Å². The van der Waals surface area contributed by atoms with Crippen LogP contribution in [0.5, 0.6) is 0 Å². The summed E-state index contributed by atoms with van der Waals surface area (Å²) in [6.07, 6.45) is 0. The number of carbonyl (C=O) groups excluding carboxylic acids is 2. The third-order valence-corrected chi connectivity index (χ3v) is 3.70. The molecule has 0 saturated carbocycles. The number of para-hydroxylation sites is 2. The number of primary amides is 2. The maximum Gasteiger partial charge on any atom is 0.267 e.